The fraction of sp³-hybridized carbons (Fsp3) is 0.500. The van der Waals surface area contributed by atoms with Gasteiger partial charge < -0.3 is 4.74 Å². The molecule has 1 rings (SSSR count). The van der Waals surface area contributed by atoms with Gasteiger partial charge in [-0.15, -0.1) is 0 Å². The number of rotatable bonds is 5. The standard InChI is InChI=1S/C10H14FNO/c1-2-3-9-4-5-10(12-8-9)13-7-6-11/h4-5,8H,2-3,6-7H2,1H3. The van der Waals surface area contributed by atoms with Gasteiger partial charge in [-0.1, -0.05) is 19.4 Å². The summed E-state index contributed by atoms with van der Waals surface area (Å²) in [6.07, 6.45) is 3.90. The number of aromatic nitrogens is 1. The summed E-state index contributed by atoms with van der Waals surface area (Å²) in [6.45, 7) is 1.73. The first-order valence-corrected chi connectivity index (χ1v) is 4.50. The largest absolute Gasteiger partial charge is 0.475 e. The van der Waals surface area contributed by atoms with E-state index in [2.05, 4.69) is 11.9 Å². The van der Waals surface area contributed by atoms with E-state index < -0.39 is 6.67 Å². The third kappa shape index (κ3) is 3.40. The SMILES string of the molecule is CCCc1ccc(OCCF)nc1. The summed E-state index contributed by atoms with van der Waals surface area (Å²) < 4.78 is 16.7. The third-order valence-corrected chi connectivity index (χ3v) is 1.66. The van der Waals surface area contributed by atoms with E-state index in [1.54, 1.807) is 12.3 Å². The Bertz CT molecular complexity index is 235. The molecule has 0 aliphatic heterocycles. The number of aryl methyl sites for hydroxylation is 1. The molecule has 0 saturated carbocycles. The Labute approximate surface area is 77.8 Å². The van der Waals surface area contributed by atoms with Crippen molar-refractivity contribution in [3.05, 3.63) is 23.9 Å². The lowest BCUT2D eigenvalue weighted by Gasteiger charge is -2.02. The predicted octanol–water partition coefficient (Wildman–Crippen LogP) is 2.38. The number of pyridine rings is 1. The maximum absolute atomic E-state index is 11.7. The zero-order chi connectivity index (χ0) is 9.52. The molecule has 0 aromatic carbocycles. The van der Waals surface area contributed by atoms with Crippen molar-refractivity contribution in [1.29, 1.82) is 0 Å². The Morgan fingerprint density at radius 1 is 1.46 bits per heavy atom. The van der Waals surface area contributed by atoms with Crippen LogP contribution in [0.15, 0.2) is 18.3 Å². The fourth-order valence-corrected chi connectivity index (χ4v) is 1.08. The molecule has 1 heterocycles. The van der Waals surface area contributed by atoms with Crippen LogP contribution in [-0.4, -0.2) is 18.3 Å². The summed E-state index contributed by atoms with van der Waals surface area (Å²) in [7, 11) is 0. The minimum absolute atomic E-state index is 0.0835. The highest BCUT2D eigenvalue weighted by Gasteiger charge is 1.95. The van der Waals surface area contributed by atoms with Gasteiger partial charge in [0.15, 0.2) is 0 Å². The highest BCUT2D eigenvalue weighted by atomic mass is 19.1. The zero-order valence-corrected chi connectivity index (χ0v) is 7.79. The summed E-state index contributed by atoms with van der Waals surface area (Å²) in [5, 5.41) is 0. The van der Waals surface area contributed by atoms with E-state index >= 15 is 0 Å². The van der Waals surface area contributed by atoms with Gasteiger partial charge in [0.2, 0.25) is 5.88 Å². The molecule has 0 amide bonds. The van der Waals surface area contributed by atoms with E-state index in [0.717, 1.165) is 12.8 Å². The molecule has 0 aliphatic carbocycles. The minimum atomic E-state index is -0.474. The Balaban J connectivity index is 2.48. The molecule has 1 aromatic rings. The van der Waals surface area contributed by atoms with Gasteiger partial charge in [-0.3, -0.25) is 0 Å². The Morgan fingerprint density at radius 2 is 2.31 bits per heavy atom. The van der Waals surface area contributed by atoms with Crippen LogP contribution in [0.4, 0.5) is 4.39 Å². The maximum atomic E-state index is 11.7. The van der Waals surface area contributed by atoms with Crippen molar-refractivity contribution in [1.82, 2.24) is 4.98 Å². The van der Waals surface area contributed by atoms with Gasteiger partial charge in [0.1, 0.15) is 13.3 Å². The second-order valence-corrected chi connectivity index (χ2v) is 2.79. The van der Waals surface area contributed by atoms with Crippen molar-refractivity contribution < 1.29 is 9.13 Å². The number of hydrogen-bond acceptors (Lipinski definition) is 2. The van der Waals surface area contributed by atoms with Crippen molar-refractivity contribution >= 4 is 0 Å². The number of ether oxygens (including phenoxy) is 1. The molecular weight excluding hydrogens is 169 g/mol. The molecule has 3 heteroatoms. The van der Waals surface area contributed by atoms with Gasteiger partial charge in [-0.05, 0) is 12.0 Å². The zero-order valence-electron chi connectivity index (χ0n) is 7.79. The second-order valence-electron chi connectivity index (χ2n) is 2.79. The van der Waals surface area contributed by atoms with E-state index in [1.807, 2.05) is 6.07 Å². The van der Waals surface area contributed by atoms with Crippen LogP contribution in [0.2, 0.25) is 0 Å². The Kier molecular flexibility index (Phi) is 4.23. The first-order valence-electron chi connectivity index (χ1n) is 4.50. The molecule has 0 unspecified atom stereocenters. The predicted molar refractivity (Wildman–Crippen MR) is 49.7 cm³/mol. The lowest BCUT2D eigenvalue weighted by atomic mass is 10.2. The van der Waals surface area contributed by atoms with E-state index in [0.29, 0.717) is 5.88 Å². The lowest BCUT2D eigenvalue weighted by molar-refractivity contribution is 0.264. The Hall–Kier alpha value is -1.12. The quantitative estimate of drug-likeness (QED) is 0.699. The van der Waals surface area contributed by atoms with Gasteiger partial charge >= 0.3 is 0 Å². The minimum Gasteiger partial charge on any atom is -0.475 e. The Morgan fingerprint density at radius 3 is 2.85 bits per heavy atom. The molecule has 0 N–H and O–H groups in total. The number of nitrogens with zero attached hydrogens (tertiary/aromatic N) is 1. The molecule has 0 radical (unpaired) electrons. The molecule has 1 aromatic heterocycles. The van der Waals surface area contributed by atoms with Crippen molar-refractivity contribution in [2.24, 2.45) is 0 Å². The topological polar surface area (TPSA) is 22.1 Å². The fourth-order valence-electron chi connectivity index (χ4n) is 1.08. The molecular formula is C10H14FNO. The van der Waals surface area contributed by atoms with Crippen LogP contribution in [0.1, 0.15) is 18.9 Å². The number of alkyl halides is 1. The van der Waals surface area contributed by atoms with Gasteiger partial charge in [0.25, 0.3) is 0 Å². The second kappa shape index (κ2) is 5.51. The van der Waals surface area contributed by atoms with E-state index in [-0.39, 0.29) is 6.61 Å². The highest BCUT2D eigenvalue weighted by Crippen LogP contribution is 2.08. The van der Waals surface area contributed by atoms with Crippen molar-refractivity contribution in [2.75, 3.05) is 13.3 Å². The monoisotopic (exact) mass is 183 g/mol. The average Bonchev–Trinajstić information content (AvgIpc) is 2.17. The maximum Gasteiger partial charge on any atom is 0.213 e. The first kappa shape index (κ1) is 9.96. The molecule has 0 atom stereocenters. The van der Waals surface area contributed by atoms with Crippen LogP contribution in [0, 0.1) is 0 Å². The van der Waals surface area contributed by atoms with Crippen molar-refractivity contribution in [3.8, 4) is 5.88 Å². The van der Waals surface area contributed by atoms with E-state index in [9.17, 15) is 4.39 Å². The van der Waals surface area contributed by atoms with Crippen LogP contribution in [-0.2, 0) is 6.42 Å². The summed E-state index contributed by atoms with van der Waals surface area (Å²) in [5.74, 6) is 0.498. The van der Waals surface area contributed by atoms with Gasteiger partial charge in [0.05, 0.1) is 0 Å². The average molecular weight is 183 g/mol. The van der Waals surface area contributed by atoms with Crippen LogP contribution in [0.3, 0.4) is 0 Å². The number of hydrogen-bond donors (Lipinski definition) is 0. The summed E-state index contributed by atoms with van der Waals surface area (Å²) >= 11 is 0. The van der Waals surface area contributed by atoms with Crippen molar-refractivity contribution in [2.45, 2.75) is 19.8 Å². The summed E-state index contributed by atoms with van der Waals surface area (Å²) in [4.78, 5) is 4.05. The molecule has 2 nitrogen and oxygen atoms in total. The van der Waals surface area contributed by atoms with Gasteiger partial charge in [-0.25, -0.2) is 9.37 Å². The third-order valence-electron chi connectivity index (χ3n) is 1.66. The number of halogens is 1. The van der Waals surface area contributed by atoms with E-state index in [1.165, 1.54) is 5.56 Å². The van der Waals surface area contributed by atoms with Gasteiger partial charge in [-0.2, -0.15) is 0 Å². The van der Waals surface area contributed by atoms with Crippen molar-refractivity contribution in [3.63, 3.8) is 0 Å². The normalized spacial score (nSPS) is 10.0. The summed E-state index contributed by atoms with van der Waals surface area (Å²) in [6, 6.07) is 3.74. The molecule has 0 spiro atoms. The highest BCUT2D eigenvalue weighted by molar-refractivity contribution is 5.17. The molecule has 72 valence electrons. The van der Waals surface area contributed by atoms with Crippen LogP contribution < -0.4 is 4.74 Å². The van der Waals surface area contributed by atoms with E-state index in [4.69, 9.17) is 4.74 Å². The molecule has 0 bridgehead atoms. The summed E-state index contributed by atoms with van der Waals surface area (Å²) in [5.41, 5.74) is 1.19. The lowest BCUT2D eigenvalue weighted by Crippen LogP contribution is -2.00. The first-order chi connectivity index (χ1) is 6.36. The molecule has 0 aliphatic rings. The smallest absolute Gasteiger partial charge is 0.213 e. The van der Waals surface area contributed by atoms with Crippen LogP contribution in [0.25, 0.3) is 0 Å². The van der Waals surface area contributed by atoms with Crippen LogP contribution >= 0.6 is 0 Å². The van der Waals surface area contributed by atoms with Gasteiger partial charge in [0, 0.05) is 12.3 Å². The molecule has 13 heavy (non-hydrogen) atoms. The van der Waals surface area contributed by atoms with Crippen LogP contribution in [0.5, 0.6) is 5.88 Å². The molecule has 0 saturated heterocycles. The molecule has 0 fully saturated rings.